The largest absolute Gasteiger partial charge is 0.587 e. The molecule has 2 aromatic heterocycles. The van der Waals surface area contributed by atoms with Crippen LogP contribution in [0.25, 0.3) is 11.0 Å². The van der Waals surface area contributed by atoms with Crippen molar-refractivity contribution in [2.24, 2.45) is 5.92 Å². The monoisotopic (exact) mass is 396 g/mol. The number of nitrogens with zero attached hydrogens (tertiary/aromatic N) is 2. The van der Waals surface area contributed by atoms with Crippen LogP contribution in [0.4, 0.5) is 0 Å². The average Bonchev–Trinajstić information content (AvgIpc) is 2.86. The molecule has 3 rings (SSSR count). The second kappa shape index (κ2) is 6.88. The molecular weight excluding hydrogens is 379 g/mol. The minimum Gasteiger partial charge on any atom is -0.587 e. The number of aromatic nitrogens is 2. The summed E-state index contributed by atoms with van der Waals surface area (Å²) in [7, 11) is 0.702. The summed E-state index contributed by atoms with van der Waals surface area (Å²) in [5.74, 6) is 0.522. The van der Waals surface area contributed by atoms with Crippen molar-refractivity contribution >= 4 is 52.2 Å². The Morgan fingerprint density at radius 3 is 3.05 bits per heavy atom. The molecule has 0 spiro atoms. The van der Waals surface area contributed by atoms with Gasteiger partial charge in [0.15, 0.2) is 10.6 Å². The molecule has 0 aromatic carbocycles. The summed E-state index contributed by atoms with van der Waals surface area (Å²) >= 11 is 2.25. The van der Waals surface area contributed by atoms with Gasteiger partial charge in [0.1, 0.15) is 11.4 Å². The quantitative estimate of drug-likeness (QED) is 0.576. The predicted octanol–water partition coefficient (Wildman–Crippen LogP) is 4.11. The molecule has 2 heterocycles. The first-order chi connectivity index (χ1) is 10.6. The summed E-state index contributed by atoms with van der Waals surface area (Å²) in [5, 5.41) is 2.32. The standard InChI is InChI=1S/C16H18BrN2OPS/c1-3-21-15-10-19(16-14(15)8-12(17)9-18-16)22(20)13-6-4-11(2)5-7-13/h4,6-11,21H,3,5H2,1-2H3. The van der Waals surface area contributed by atoms with E-state index in [2.05, 4.69) is 53.0 Å². The first-order valence-corrected chi connectivity index (χ1v) is 10.4. The van der Waals surface area contributed by atoms with E-state index in [4.69, 9.17) is 0 Å². The van der Waals surface area contributed by atoms with E-state index in [1.165, 1.54) is 5.30 Å². The van der Waals surface area contributed by atoms with Gasteiger partial charge < -0.3 is 4.55 Å². The van der Waals surface area contributed by atoms with E-state index in [-0.39, 0.29) is 0 Å². The van der Waals surface area contributed by atoms with E-state index in [0.717, 1.165) is 33.0 Å². The van der Waals surface area contributed by atoms with E-state index in [9.17, 15) is 4.55 Å². The first-order valence-electron chi connectivity index (χ1n) is 7.31. The van der Waals surface area contributed by atoms with Gasteiger partial charge >= 0.3 is 0 Å². The van der Waals surface area contributed by atoms with Crippen LogP contribution in [-0.4, -0.2) is 19.7 Å². The van der Waals surface area contributed by atoms with Crippen LogP contribution in [0.5, 0.6) is 0 Å². The highest BCUT2D eigenvalue weighted by Gasteiger charge is 2.23. The van der Waals surface area contributed by atoms with Gasteiger partial charge in [-0.2, -0.15) is 0 Å². The third-order valence-corrected chi connectivity index (χ3v) is 6.51. The lowest BCUT2D eigenvalue weighted by molar-refractivity contribution is 0.594. The maximum absolute atomic E-state index is 12.9. The van der Waals surface area contributed by atoms with Crippen LogP contribution in [-0.2, 0) is 11.4 Å². The van der Waals surface area contributed by atoms with Gasteiger partial charge in [-0.3, -0.25) is 0 Å². The van der Waals surface area contributed by atoms with Crippen LogP contribution in [0.3, 0.4) is 0 Å². The van der Waals surface area contributed by atoms with Crippen LogP contribution >= 0.6 is 24.5 Å². The van der Waals surface area contributed by atoms with Crippen molar-refractivity contribution in [1.82, 2.24) is 8.96 Å². The lowest BCUT2D eigenvalue weighted by Crippen LogP contribution is -2.15. The fraction of sp³-hybridized carbons (Fsp3) is 0.312. The predicted molar refractivity (Wildman–Crippen MR) is 100 cm³/mol. The lowest BCUT2D eigenvalue weighted by Gasteiger charge is -2.15. The number of allylic oxidation sites excluding steroid dienone is 3. The molecule has 0 radical (unpaired) electrons. The van der Waals surface area contributed by atoms with Crippen molar-refractivity contribution in [2.45, 2.75) is 20.3 Å². The summed E-state index contributed by atoms with van der Waals surface area (Å²) in [4.78, 5) is 5.36. The fourth-order valence-corrected chi connectivity index (χ4v) is 5.03. The zero-order valence-corrected chi connectivity index (χ0v) is 15.9. The van der Waals surface area contributed by atoms with Gasteiger partial charge in [0.05, 0.1) is 6.20 Å². The highest BCUT2D eigenvalue weighted by molar-refractivity contribution is 9.10. The number of halogens is 1. The lowest BCUT2D eigenvalue weighted by atomic mass is 10.0. The van der Waals surface area contributed by atoms with Gasteiger partial charge in [-0.1, -0.05) is 28.5 Å². The van der Waals surface area contributed by atoms with Gasteiger partial charge in [-0.25, -0.2) is 4.98 Å². The molecule has 3 atom stereocenters. The van der Waals surface area contributed by atoms with Crippen molar-refractivity contribution < 1.29 is 4.55 Å². The second-order valence-corrected chi connectivity index (χ2v) is 9.23. The molecule has 116 valence electrons. The summed E-state index contributed by atoms with van der Waals surface area (Å²) < 4.78 is 15.7. The number of hydrogen-bond donors (Lipinski definition) is 0. The van der Waals surface area contributed by atoms with E-state index in [1.54, 1.807) is 6.20 Å². The van der Waals surface area contributed by atoms with Crippen molar-refractivity contribution in [3.05, 3.63) is 46.1 Å². The van der Waals surface area contributed by atoms with Gasteiger partial charge in [0.2, 0.25) is 0 Å². The topological polar surface area (TPSA) is 40.9 Å². The third kappa shape index (κ3) is 3.18. The Morgan fingerprint density at radius 2 is 2.36 bits per heavy atom. The minimum absolute atomic E-state index is 0.522. The van der Waals surface area contributed by atoms with Crippen molar-refractivity contribution in [3.8, 4) is 0 Å². The minimum atomic E-state index is -1.23. The molecule has 1 aliphatic rings. The van der Waals surface area contributed by atoms with Gasteiger partial charge in [0.25, 0.3) is 0 Å². The fourth-order valence-electron chi connectivity index (χ4n) is 2.46. The Morgan fingerprint density at radius 1 is 1.55 bits per heavy atom. The molecule has 2 aromatic rings. The smallest absolute Gasteiger partial charge is 0.187 e. The molecule has 0 fully saturated rings. The molecule has 0 aliphatic heterocycles. The van der Waals surface area contributed by atoms with Crippen LogP contribution in [0.15, 0.2) is 46.1 Å². The van der Waals surface area contributed by atoms with Crippen molar-refractivity contribution in [1.29, 1.82) is 0 Å². The molecule has 22 heavy (non-hydrogen) atoms. The molecule has 6 heteroatoms. The number of hydrogen-bond acceptors (Lipinski definition) is 2. The molecule has 0 N–H and O–H groups in total. The molecule has 3 unspecified atom stereocenters. The number of fused-ring (bicyclic) bond motifs is 1. The number of rotatable bonds is 4. The van der Waals surface area contributed by atoms with Crippen molar-refractivity contribution in [2.75, 3.05) is 6.16 Å². The maximum atomic E-state index is 12.9. The van der Waals surface area contributed by atoms with E-state index >= 15 is 0 Å². The normalized spacial score (nSPS) is 20.0. The van der Waals surface area contributed by atoms with Gasteiger partial charge in [-0.15, -0.1) is 3.97 Å². The molecule has 1 aliphatic carbocycles. The van der Waals surface area contributed by atoms with Crippen LogP contribution in [0.1, 0.15) is 20.3 Å². The highest BCUT2D eigenvalue weighted by atomic mass is 79.9. The molecular formula is C16H18BrN2OPS. The zero-order valence-electron chi connectivity index (χ0n) is 12.5. The average molecular weight is 397 g/mol. The second-order valence-electron chi connectivity index (χ2n) is 5.35. The van der Waals surface area contributed by atoms with Crippen LogP contribution in [0, 0.1) is 5.92 Å². The Labute approximate surface area is 144 Å². The molecule has 3 nitrogen and oxygen atoms in total. The first kappa shape index (κ1) is 16.3. The van der Waals surface area contributed by atoms with Gasteiger partial charge in [0, 0.05) is 21.4 Å². The van der Waals surface area contributed by atoms with Crippen molar-refractivity contribution in [3.63, 3.8) is 0 Å². The highest BCUT2D eigenvalue weighted by Crippen LogP contribution is 2.28. The summed E-state index contributed by atoms with van der Waals surface area (Å²) in [6, 6.07) is 2.07. The number of pyridine rings is 1. The molecule has 0 amide bonds. The third-order valence-electron chi connectivity index (χ3n) is 3.61. The Hall–Kier alpha value is -0.610. The van der Waals surface area contributed by atoms with E-state index < -0.39 is 11.4 Å². The molecule has 0 bridgehead atoms. The molecule has 0 saturated carbocycles. The zero-order chi connectivity index (χ0) is 15.7. The Kier molecular flexibility index (Phi) is 5.08. The maximum Gasteiger partial charge on any atom is 0.187 e. The van der Waals surface area contributed by atoms with Crippen LogP contribution < -0.4 is 5.30 Å². The summed E-state index contributed by atoms with van der Waals surface area (Å²) in [6.45, 7) is 4.33. The van der Waals surface area contributed by atoms with E-state index in [1.807, 2.05) is 16.2 Å². The van der Waals surface area contributed by atoms with Gasteiger partial charge in [-0.05, 0) is 52.6 Å². The van der Waals surface area contributed by atoms with Crippen LogP contribution in [0.2, 0.25) is 0 Å². The molecule has 0 saturated heterocycles. The summed E-state index contributed by atoms with van der Waals surface area (Å²) in [5.41, 5.74) is 0.797. The SMILES string of the molecule is CCPc1cn([S+]([O-])C2=CCC(C)C=C2)c2ncc(Br)cc12. The Balaban J connectivity index is 2.05. The van der Waals surface area contributed by atoms with E-state index in [0.29, 0.717) is 14.5 Å². The Bertz CT molecular complexity index is 756. The summed E-state index contributed by atoms with van der Waals surface area (Å²) in [6.07, 6.45) is 12.0.